The lowest BCUT2D eigenvalue weighted by atomic mass is 10.1. The largest absolute Gasteiger partial charge is 0.465 e. The van der Waals surface area contributed by atoms with E-state index in [1.54, 1.807) is 0 Å². The number of nitrogens with zero attached hydrogens (tertiary/aromatic N) is 3. The van der Waals surface area contributed by atoms with Gasteiger partial charge in [0.25, 0.3) is 0 Å². The van der Waals surface area contributed by atoms with Crippen molar-refractivity contribution in [3.8, 4) is 0 Å². The molecule has 14 nitrogen and oxygen atoms in total. The van der Waals surface area contributed by atoms with Crippen molar-refractivity contribution in [2.75, 3.05) is 13.2 Å². The third kappa shape index (κ3) is 3.97. The van der Waals surface area contributed by atoms with E-state index in [2.05, 4.69) is 0 Å². The van der Waals surface area contributed by atoms with Crippen molar-refractivity contribution in [2.24, 2.45) is 0 Å². The van der Waals surface area contributed by atoms with Gasteiger partial charge in [0, 0.05) is 0 Å². The average Bonchev–Trinajstić information content (AvgIpc) is 2.44. The van der Waals surface area contributed by atoms with Crippen molar-refractivity contribution >= 4 is 30.5 Å². The Balaban J connectivity index is 3.55. The summed E-state index contributed by atoms with van der Waals surface area (Å²) in [4.78, 5) is 56.1. The van der Waals surface area contributed by atoms with Crippen LogP contribution in [-0.2, 0) is 4.74 Å². The molecule has 1 rings (SSSR count). The number of morpholine rings is 1. The summed E-state index contributed by atoms with van der Waals surface area (Å²) in [5.74, 6) is 0. The molecule has 25 heavy (non-hydrogen) atoms. The minimum absolute atomic E-state index is 0.129. The number of rotatable bonds is 3. The van der Waals surface area contributed by atoms with E-state index in [0.717, 1.165) is 0 Å². The standard InChI is InChI=1S/C11H15N3O11/c1-4-2-25-3-5(12(4)7(15)16)6(13(8(17)18)9(19)20)14(10(21)22)11(23)24/h4-6H,2-3H2,1H3,(H,15,16)(H,17,18)(H,19,20)(H,21,22)(H,23,24). The van der Waals surface area contributed by atoms with Crippen LogP contribution >= 0.6 is 0 Å². The number of ether oxygens (including phenoxy) is 1. The Kier molecular flexibility index (Phi) is 5.94. The average molecular weight is 365 g/mol. The zero-order valence-electron chi connectivity index (χ0n) is 12.7. The molecule has 2 atom stereocenters. The zero-order valence-corrected chi connectivity index (χ0v) is 12.7. The molecular weight excluding hydrogens is 350 g/mol. The Morgan fingerprint density at radius 2 is 1.28 bits per heavy atom. The Hall–Kier alpha value is -3.29. The predicted molar refractivity (Wildman–Crippen MR) is 73.5 cm³/mol. The third-order valence-electron chi connectivity index (χ3n) is 3.40. The van der Waals surface area contributed by atoms with Crippen molar-refractivity contribution in [2.45, 2.75) is 25.2 Å². The molecule has 1 aliphatic heterocycles. The highest BCUT2D eigenvalue weighted by Crippen LogP contribution is 2.23. The first-order valence-corrected chi connectivity index (χ1v) is 6.59. The second kappa shape index (κ2) is 7.52. The summed E-state index contributed by atoms with van der Waals surface area (Å²) in [5.41, 5.74) is 0. The summed E-state index contributed by atoms with van der Waals surface area (Å²) in [5, 5.41) is 45.6. The normalized spacial score (nSPS) is 20.0. The lowest BCUT2D eigenvalue weighted by molar-refractivity contribution is -0.0780. The van der Waals surface area contributed by atoms with E-state index in [0.29, 0.717) is 4.90 Å². The number of carboxylic acid groups (broad SMARTS) is 5. The summed E-state index contributed by atoms with van der Waals surface area (Å²) in [6, 6.07) is -2.65. The summed E-state index contributed by atoms with van der Waals surface area (Å²) in [7, 11) is 0. The SMILES string of the molecule is CC1COCC(C(N(C(=O)O)C(=O)O)N(C(=O)O)C(=O)O)N1C(=O)O. The summed E-state index contributed by atoms with van der Waals surface area (Å²) in [6.07, 6.45) is -12.8. The van der Waals surface area contributed by atoms with E-state index >= 15 is 0 Å². The molecule has 1 saturated heterocycles. The van der Waals surface area contributed by atoms with Gasteiger partial charge in [-0.2, -0.15) is 9.80 Å². The monoisotopic (exact) mass is 365 g/mol. The molecule has 0 aromatic heterocycles. The van der Waals surface area contributed by atoms with E-state index in [-0.39, 0.29) is 6.61 Å². The smallest absolute Gasteiger partial charge is 0.418 e. The van der Waals surface area contributed by atoms with E-state index in [1.807, 2.05) is 0 Å². The van der Waals surface area contributed by atoms with Crippen LogP contribution in [0, 0.1) is 0 Å². The molecule has 0 aromatic carbocycles. The van der Waals surface area contributed by atoms with Crippen LogP contribution in [-0.4, -0.2) is 102 Å². The van der Waals surface area contributed by atoms with Crippen LogP contribution in [0.1, 0.15) is 6.92 Å². The lowest BCUT2D eigenvalue weighted by Gasteiger charge is -2.45. The molecule has 5 N–H and O–H groups in total. The molecule has 1 fully saturated rings. The van der Waals surface area contributed by atoms with Crippen LogP contribution in [0.5, 0.6) is 0 Å². The van der Waals surface area contributed by atoms with Gasteiger partial charge < -0.3 is 30.3 Å². The number of hydrogen-bond donors (Lipinski definition) is 5. The number of carbonyl (C=O) groups is 5. The Labute approximate surface area is 139 Å². The lowest BCUT2D eigenvalue weighted by Crippen LogP contribution is -2.69. The Morgan fingerprint density at radius 3 is 1.60 bits per heavy atom. The van der Waals surface area contributed by atoms with Gasteiger partial charge in [0.15, 0.2) is 6.17 Å². The third-order valence-corrected chi connectivity index (χ3v) is 3.40. The molecule has 140 valence electrons. The van der Waals surface area contributed by atoms with Crippen molar-refractivity contribution in [3.63, 3.8) is 0 Å². The summed E-state index contributed by atoms with van der Waals surface area (Å²) in [6.45, 7) is 0.598. The fourth-order valence-electron chi connectivity index (χ4n) is 2.48. The number of amides is 5. The molecule has 2 unspecified atom stereocenters. The van der Waals surface area contributed by atoms with Gasteiger partial charge in [-0.3, -0.25) is 4.90 Å². The number of imide groups is 2. The van der Waals surface area contributed by atoms with Gasteiger partial charge in [0.1, 0.15) is 0 Å². The first-order valence-electron chi connectivity index (χ1n) is 6.59. The summed E-state index contributed by atoms with van der Waals surface area (Å²) < 4.78 is 5.04. The van der Waals surface area contributed by atoms with Crippen molar-refractivity contribution in [3.05, 3.63) is 0 Å². The first kappa shape index (κ1) is 19.8. The maximum Gasteiger partial charge on any atom is 0.418 e. The molecule has 5 amide bonds. The summed E-state index contributed by atoms with van der Waals surface area (Å²) >= 11 is 0. The maximum atomic E-state index is 11.4. The molecule has 0 aliphatic carbocycles. The van der Waals surface area contributed by atoms with Crippen LogP contribution in [0.25, 0.3) is 0 Å². The van der Waals surface area contributed by atoms with Crippen molar-refractivity contribution in [1.82, 2.24) is 14.7 Å². The molecule has 1 heterocycles. The van der Waals surface area contributed by atoms with Crippen LogP contribution < -0.4 is 0 Å². The molecule has 0 radical (unpaired) electrons. The Bertz CT molecular complexity index is 534. The van der Waals surface area contributed by atoms with Crippen molar-refractivity contribution < 1.29 is 54.2 Å². The van der Waals surface area contributed by atoms with Gasteiger partial charge in [-0.1, -0.05) is 0 Å². The van der Waals surface area contributed by atoms with E-state index in [1.165, 1.54) is 6.92 Å². The molecule has 0 saturated carbocycles. The minimum atomic E-state index is -2.43. The minimum Gasteiger partial charge on any atom is -0.465 e. The molecule has 0 spiro atoms. The fraction of sp³-hybridized carbons (Fsp3) is 0.545. The van der Waals surface area contributed by atoms with Crippen LogP contribution in [0.3, 0.4) is 0 Å². The second-order valence-corrected chi connectivity index (χ2v) is 4.93. The highest BCUT2D eigenvalue weighted by atomic mass is 16.5. The molecular formula is C11H15N3O11. The Morgan fingerprint density at radius 1 is 0.880 bits per heavy atom. The van der Waals surface area contributed by atoms with Gasteiger partial charge in [-0.15, -0.1) is 0 Å². The van der Waals surface area contributed by atoms with Crippen LogP contribution in [0.4, 0.5) is 24.0 Å². The zero-order chi connectivity index (χ0) is 19.5. The van der Waals surface area contributed by atoms with Gasteiger partial charge in [0.05, 0.1) is 25.3 Å². The quantitative estimate of drug-likeness (QED) is 0.432. The fourth-order valence-corrected chi connectivity index (χ4v) is 2.48. The first-order chi connectivity index (χ1) is 11.5. The van der Waals surface area contributed by atoms with E-state index in [4.69, 9.17) is 25.2 Å². The van der Waals surface area contributed by atoms with Crippen LogP contribution in [0.15, 0.2) is 0 Å². The molecule has 0 bridgehead atoms. The van der Waals surface area contributed by atoms with E-state index in [9.17, 15) is 29.1 Å². The molecule has 0 aromatic rings. The molecule has 1 aliphatic rings. The number of hydrogen-bond acceptors (Lipinski definition) is 6. The van der Waals surface area contributed by atoms with E-state index < -0.39 is 65.1 Å². The predicted octanol–water partition coefficient (Wildman–Crippen LogP) is 0.396. The van der Waals surface area contributed by atoms with Crippen LogP contribution in [0.2, 0.25) is 0 Å². The highest BCUT2D eigenvalue weighted by molar-refractivity contribution is 5.90. The molecule has 14 heteroatoms. The highest BCUT2D eigenvalue weighted by Gasteiger charge is 2.50. The van der Waals surface area contributed by atoms with Crippen molar-refractivity contribution in [1.29, 1.82) is 0 Å². The maximum absolute atomic E-state index is 11.4. The van der Waals surface area contributed by atoms with Gasteiger partial charge in [-0.25, -0.2) is 24.0 Å². The van der Waals surface area contributed by atoms with Gasteiger partial charge in [0.2, 0.25) is 0 Å². The van der Waals surface area contributed by atoms with Gasteiger partial charge in [-0.05, 0) is 6.92 Å². The second-order valence-electron chi connectivity index (χ2n) is 4.93. The topological polar surface area (TPSA) is 205 Å². The van der Waals surface area contributed by atoms with Gasteiger partial charge >= 0.3 is 30.5 Å².